The Labute approximate surface area is 128 Å². The summed E-state index contributed by atoms with van der Waals surface area (Å²) in [5, 5.41) is 9.74. The maximum absolute atomic E-state index is 11.5. The fraction of sp³-hybridized carbons (Fsp3) is 0.188. The number of halogens is 1. The van der Waals surface area contributed by atoms with Crippen molar-refractivity contribution in [3.05, 3.63) is 58.6 Å². The van der Waals surface area contributed by atoms with Crippen LogP contribution in [0.2, 0.25) is 5.02 Å². The van der Waals surface area contributed by atoms with Gasteiger partial charge in [0.25, 0.3) is 0 Å². The third-order valence-electron chi connectivity index (χ3n) is 3.23. The van der Waals surface area contributed by atoms with Crippen molar-refractivity contribution in [3.63, 3.8) is 0 Å². The van der Waals surface area contributed by atoms with Crippen LogP contribution in [0.3, 0.4) is 0 Å². The Morgan fingerprint density at radius 1 is 1.29 bits per heavy atom. The summed E-state index contributed by atoms with van der Waals surface area (Å²) in [6, 6.07) is 12.9. The Morgan fingerprint density at radius 3 is 2.52 bits per heavy atom. The van der Waals surface area contributed by atoms with Gasteiger partial charge in [0.15, 0.2) is 0 Å². The number of anilines is 2. The molecule has 2 rings (SSSR count). The van der Waals surface area contributed by atoms with Crippen molar-refractivity contribution in [2.75, 3.05) is 17.2 Å². The molecule has 2 aromatic carbocycles. The number of hydrogen-bond acceptors (Lipinski definition) is 3. The largest absolute Gasteiger partial charge is 0.478 e. The van der Waals surface area contributed by atoms with Gasteiger partial charge in [0, 0.05) is 18.8 Å². The Morgan fingerprint density at radius 2 is 1.95 bits per heavy atom. The number of nitrogens with zero attached hydrogens (tertiary/aromatic N) is 1. The second kappa shape index (κ2) is 6.50. The summed E-state index contributed by atoms with van der Waals surface area (Å²) in [4.78, 5) is 13.4. The lowest BCUT2D eigenvalue weighted by atomic mass is 10.1. The van der Waals surface area contributed by atoms with Gasteiger partial charge in [-0.05, 0) is 24.6 Å². The van der Waals surface area contributed by atoms with Crippen LogP contribution in [0.15, 0.2) is 42.5 Å². The van der Waals surface area contributed by atoms with E-state index in [9.17, 15) is 9.90 Å². The van der Waals surface area contributed by atoms with Gasteiger partial charge in [-0.1, -0.05) is 41.9 Å². The first-order valence-corrected chi connectivity index (χ1v) is 7.02. The molecule has 0 amide bonds. The van der Waals surface area contributed by atoms with Crippen molar-refractivity contribution in [1.82, 2.24) is 0 Å². The molecular formula is C16H17ClN2O2. The van der Waals surface area contributed by atoms with Crippen LogP contribution < -0.4 is 10.6 Å². The molecule has 0 spiro atoms. The minimum Gasteiger partial charge on any atom is -0.478 e. The third kappa shape index (κ3) is 3.47. The average molecular weight is 305 g/mol. The summed E-state index contributed by atoms with van der Waals surface area (Å²) in [6.45, 7) is 3.18. The van der Waals surface area contributed by atoms with Crippen molar-refractivity contribution in [2.24, 2.45) is 0 Å². The van der Waals surface area contributed by atoms with E-state index in [0.29, 0.717) is 29.5 Å². The number of carboxylic acids is 1. The summed E-state index contributed by atoms with van der Waals surface area (Å²) in [5.41, 5.74) is 7.75. The standard InChI is InChI=1S/C16H17ClN2O2/c1-2-19(10-11-6-4-3-5-7-11)15-13(16(20)21)8-12(18)9-14(15)17/h3-9H,2,10,18H2,1H3,(H,20,21). The highest BCUT2D eigenvalue weighted by Gasteiger charge is 2.19. The Kier molecular flexibility index (Phi) is 4.70. The topological polar surface area (TPSA) is 66.6 Å². The molecule has 0 radical (unpaired) electrons. The van der Waals surface area contributed by atoms with Crippen molar-refractivity contribution in [2.45, 2.75) is 13.5 Å². The van der Waals surface area contributed by atoms with Gasteiger partial charge in [0.2, 0.25) is 0 Å². The van der Waals surface area contributed by atoms with Gasteiger partial charge < -0.3 is 15.7 Å². The van der Waals surface area contributed by atoms with Gasteiger partial charge in [-0.2, -0.15) is 0 Å². The molecule has 0 fully saturated rings. The van der Waals surface area contributed by atoms with Gasteiger partial charge in [0.1, 0.15) is 0 Å². The SMILES string of the molecule is CCN(Cc1ccccc1)c1c(Cl)cc(N)cc1C(=O)O. The van der Waals surface area contributed by atoms with Crippen molar-refractivity contribution >= 4 is 28.9 Å². The van der Waals surface area contributed by atoms with E-state index in [1.165, 1.54) is 6.07 Å². The first-order chi connectivity index (χ1) is 10.0. The molecule has 0 saturated carbocycles. The summed E-state index contributed by atoms with van der Waals surface area (Å²) < 4.78 is 0. The number of aromatic carboxylic acids is 1. The van der Waals surface area contributed by atoms with Crippen LogP contribution in [0.1, 0.15) is 22.8 Å². The van der Waals surface area contributed by atoms with Gasteiger partial charge in [-0.3, -0.25) is 0 Å². The van der Waals surface area contributed by atoms with Crippen LogP contribution in [0.25, 0.3) is 0 Å². The van der Waals surface area contributed by atoms with Gasteiger partial charge in [-0.15, -0.1) is 0 Å². The summed E-state index contributed by atoms with van der Waals surface area (Å²) in [7, 11) is 0. The second-order valence-electron chi connectivity index (χ2n) is 4.70. The van der Waals surface area contributed by atoms with Crippen LogP contribution in [0.4, 0.5) is 11.4 Å². The summed E-state index contributed by atoms with van der Waals surface area (Å²) >= 11 is 6.23. The van der Waals surface area contributed by atoms with Gasteiger partial charge in [0.05, 0.1) is 16.3 Å². The molecule has 3 N–H and O–H groups in total. The molecule has 0 saturated heterocycles. The molecule has 0 heterocycles. The fourth-order valence-corrected chi connectivity index (χ4v) is 2.60. The fourth-order valence-electron chi connectivity index (χ4n) is 2.26. The summed E-state index contributed by atoms with van der Waals surface area (Å²) in [5.74, 6) is -1.04. The Hall–Kier alpha value is -2.20. The summed E-state index contributed by atoms with van der Waals surface area (Å²) in [6.07, 6.45) is 0. The molecule has 5 heteroatoms. The van der Waals surface area contributed by atoms with Crippen LogP contribution in [0.5, 0.6) is 0 Å². The number of carboxylic acid groups (broad SMARTS) is 1. The maximum atomic E-state index is 11.5. The van der Waals surface area contributed by atoms with E-state index in [1.54, 1.807) is 6.07 Å². The van der Waals surface area contributed by atoms with E-state index in [4.69, 9.17) is 17.3 Å². The number of carbonyl (C=O) groups is 1. The average Bonchev–Trinajstić information content (AvgIpc) is 2.45. The highest BCUT2D eigenvalue weighted by Crippen LogP contribution is 2.33. The number of benzene rings is 2. The van der Waals surface area contributed by atoms with E-state index in [0.717, 1.165) is 5.56 Å². The smallest absolute Gasteiger partial charge is 0.337 e. The van der Waals surface area contributed by atoms with Crippen LogP contribution in [-0.2, 0) is 6.54 Å². The van der Waals surface area contributed by atoms with E-state index in [-0.39, 0.29) is 5.56 Å². The molecule has 0 bridgehead atoms. The minimum absolute atomic E-state index is 0.123. The number of rotatable bonds is 5. The lowest BCUT2D eigenvalue weighted by Gasteiger charge is -2.26. The van der Waals surface area contributed by atoms with Crippen molar-refractivity contribution < 1.29 is 9.90 Å². The highest BCUT2D eigenvalue weighted by atomic mass is 35.5. The van der Waals surface area contributed by atoms with Crippen LogP contribution in [0, 0.1) is 0 Å². The maximum Gasteiger partial charge on any atom is 0.337 e. The number of hydrogen-bond donors (Lipinski definition) is 2. The Bertz CT molecular complexity index is 644. The van der Waals surface area contributed by atoms with E-state index >= 15 is 0 Å². The van der Waals surface area contributed by atoms with E-state index in [1.807, 2.05) is 42.2 Å². The highest BCUT2D eigenvalue weighted by molar-refractivity contribution is 6.34. The Balaban J connectivity index is 2.44. The minimum atomic E-state index is -1.04. The molecule has 0 aliphatic carbocycles. The normalized spacial score (nSPS) is 10.4. The van der Waals surface area contributed by atoms with Crippen molar-refractivity contribution in [3.8, 4) is 0 Å². The van der Waals surface area contributed by atoms with Gasteiger partial charge in [-0.25, -0.2) is 4.79 Å². The molecular weight excluding hydrogens is 288 g/mol. The van der Waals surface area contributed by atoms with Crippen molar-refractivity contribution in [1.29, 1.82) is 0 Å². The van der Waals surface area contributed by atoms with E-state index < -0.39 is 5.97 Å². The number of nitrogen functional groups attached to an aromatic ring is 1. The first kappa shape index (κ1) is 15.2. The molecule has 110 valence electrons. The van der Waals surface area contributed by atoms with Crippen LogP contribution in [-0.4, -0.2) is 17.6 Å². The van der Waals surface area contributed by atoms with E-state index in [2.05, 4.69) is 0 Å². The molecule has 2 aromatic rings. The molecule has 4 nitrogen and oxygen atoms in total. The molecule has 0 atom stereocenters. The molecule has 0 aliphatic rings. The molecule has 0 unspecified atom stereocenters. The zero-order valence-corrected chi connectivity index (χ0v) is 12.5. The molecule has 21 heavy (non-hydrogen) atoms. The first-order valence-electron chi connectivity index (χ1n) is 6.64. The predicted molar refractivity (Wildman–Crippen MR) is 86.0 cm³/mol. The third-order valence-corrected chi connectivity index (χ3v) is 3.52. The predicted octanol–water partition coefficient (Wildman–Crippen LogP) is 3.65. The molecule has 0 aromatic heterocycles. The monoisotopic (exact) mass is 304 g/mol. The molecule has 0 aliphatic heterocycles. The lowest BCUT2D eigenvalue weighted by molar-refractivity contribution is 0.0697. The lowest BCUT2D eigenvalue weighted by Crippen LogP contribution is -2.24. The van der Waals surface area contributed by atoms with Gasteiger partial charge >= 0.3 is 5.97 Å². The van der Waals surface area contributed by atoms with Crippen LogP contribution >= 0.6 is 11.6 Å². The number of nitrogens with two attached hydrogens (primary N) is 1. The quantitative estimate of drug-likeness (QED) is 0.828. The second-order valence-corrected chi connectivity index (χ2v) is 5.11. The zero-order valence-electron chi connectivity index (χ0n) is 11.7. The zero-order chi connectivity index (χ0) is 15.4.